The molecule has 1 amide bonds. The number of hydrogen-bond donors (Lipinski definition) is 2. The van der Waals surface area contributed by atoms with Crippen LogP contribution in [0, 0.1) is 12.8 Å². The minimum absolute atomic E-state index is 0.113. The third kappa shape index (κ3) is 1.97. The van der Waals surface area contributed by atoms with Crippen molar-refractivity contribution in [2.75, 3.05) is 0 Å². The zero-order valence-electron chi connectivity index (χ0n) is 10.6. The van der Waals surface area contributed by atoms with E-state index in [1.165, 1.54) is 0 Å². The van der Waals surface area contributed by atoms with Crippen molar-refractivity contribution in [2.45, 2.75) is 26.3 Å². The Morgan fingerprint density at radius 1 is 1.50 bits per heavy atom. The van der Waals surface area contributed by atoms with Gasteiger partial charge in [0.05, 0.1) is 11.5 Å². The van der Waals surface area contributed by atoms with Crippen molar-refractivity contribution < 1.29 is 4.79 Å². The molecule has 0 saturated heterocycles. The highest BCUT2D eigenvalue weighted by molar-refractivity contribution is 6.31. The summed E-state index contributed by atoms with van der Waals surface area (Å²) >= 11 is 6.02. The molecule has 0 aliphatic carbocycles. The van der Waals surface area contributed by atoms with Crippen LogP contribution in [0.25, 0.3) is 0 Å². The standard InChI is InChI=1S/C13H16ClN3O/c1-7-6-9(4-5-10(7)14)13(3)8(2)11(18)16-12(15)17-13/h4-6,8H,1-3H3,(H3,15,16,17,18). The van der Waals surface area contributed by atoms with Gasteiger partial charge in [0.15, 0.2) is 5.96 Å². The number of nitrogens with one attached hydrogen (secondary N) is 1. The molecule has 0 spiro atoms. The molecule has 5 heteroatoms. The Kier molecular flexibility index (Phi) is 3.07. The zero-order valence-corrected chi connectivity index (χ0v) is 11.4. The third-order valence-electron chi connectivity index (χ3n) is 3.58. The minimum Gasteiger partial charge on any atom is -0.370 e. The number of amides is 1. The molecule has 1 aromatic rings. The highest BCUT2D eigenvalue weighted by Crippen LogP contribution is 2.36. The molecule has 18 heavy (non-hydrogen) atoms. The van der Waals surface area contributed by atoms with Crippen LogP contribution in [0.4, 0.5) is 0 Å². The summed E-state index contributed by atoms with van der Waals surface area (Å²) in [5.41, 5.74) is 6.91. The molecular weight excluding hydrogens is 250 g/mol. The van der Waals surface area contributed by atoms with Crippen LogP contribution in [0.15, 0.2) is 23.2 Å². The smallest absolute Gasteiger partial charge is 0.232 e. The van der Waals surface area contributed by atoms with E-state index in [1.807, 2.05) is 39.0 Å². The van der Waals surface area contributed by atoms with Gasteiger partial charge in [0.25, 0.3) is 0 Å². The van der Waals surface area contributed by atoms with E-state index in [0.29, 0.717) is 5.02 Å². The Morgan fingerprint density at radius 2 is 2.17 bits per heavy atom. The van der Waals surface area contributed by atoms with Gasteiger partial charge in [0, 0.05) is 5.02 Å². The quantitative estimate of drug-likeness (QED) is 0.815. The Balaban J connectivity index is 2.55. The number of halogens is 1. The number of carbonyl (C=O) groups is 1. The highest BCUT2D eigenvalue weighted by atomic mass is 35.5. The largest absolute Gasteiger partial charge is 0.370 e. The monoisotopic (exact) mass is 265 g/mol. The van der Waals surface area contributed by atoms with E-state index < -0.39 is 5.54 Å². The van der Waals surface area contributed by atoms with Crippen molar-refractivity contribution in [2.24, 2.45) is 16.6 Å². The first kappa shape index (κ1) is 12.9. The molecule has 0 fully saturated rings. The van der Waals surface area contributed by atoms with E-state index >= 15 is 0 Å². The number of nitrogens with two attached hydrogens (primary N) is 1. The molecule has 1 aliphatic rings. The van der Waals surface area contributed by atoms with Crippen molar-refractivity contribution in [3.63, 3.8) is 0 Å². The van der Waals surface area contributed by atoms with Crippen LogP contribution in [0.1, 0.15) is 25.0 Å². The maximum atomic E-state index is 11.8. The topological polar surface area (TPSA) is 67.5 Å². The summed E-state index contributed by atoms with van der Waals surface area (Å²) in [6.45, 7) is 5.68. The first-order valence-corrected chi connectivity index (χ1v) is 6.15. The van der Waals surface area contributed by atoms with Gasteiger partial charge in [-0.2, -0.15) is 0 Å². The molecule has 1 heterocycles. The van der Waals surface area contributed by atoms with Crippen LogP contribution in [-0.4, -0.2) is 11.9 Å². The van der Waals surface area contributed by atoms with Gasteiger partial charge in [-0.15, -0.1) is 0 Å². The van der Waals surface area contributed by atoms with E-state index in [9.17, 15) is 4.79 Å². The number of aryl methyl sites for hydroxylation is 1. The summed E-state index contributed by atoms with van der Waals surface area (Å²) in [6.07, 6.45) is 0. The van der Waals surface area contributed by atoms with Crippen molar-refractivity contribution in [3.05, 3.63) is 34.3 Å². The second-order valence-electron chi connectivity index (χ2n) is 4.82. The molecule has 1 aromatic carbocycles. The summed E-state index contributed by atoms with van der Waals surface area (Å²) in [6, 6.07) is 5.66. The average Bonchev–Trinajstić information content (AvgIpc) is 2.29. The van der Waals surface area contributed by atoms with Gasteiger partial charge in [0.1, 0.15) is 0 Å². The Labute approximate surface area is 111 Å². The summed E-state index contributed by atoms with van der Waals surface area (Å²) in [5, 5.41) is 3.24. The lowest BCUT2D eigenvalue weighted by atomic mass is 9.79. The second-order valence-corrected chi connectivity index (χ2v) is 5.23. The van der Waals surface area contributed by atoms with E-state index in [2.05, 4.69) is 10.3 Å². The number of rotatable bonds is 1. The normalized spacial score (nSPS) is 27.7. The number of hydrogen-bond acceptors (Lipinski definition) is 3. The Hall–Kier alpha value is -1.55. The number of nitrogens with zero attached hydrogens (tertiary/aromatic N) is 1. The number of aliphatic imine (C=N–C) groups is 1. The molecule has 2 rings (SSSR count). The molecule has 2 unspecified atom stereocenters. The maximum Gasteiger partial charge on any atom is 0.232 e. The van der Waals surface area contributed by atoms with E-state index in [4.69, 9.17) is 17.3 Å². The summed E-state index contributed by atoms with van der Waals surface area (Å²) in [7, 11) is 0. The lowest BCUT2D eigenvalue weighted by Crippen LogP contribution is -2.52. The molecule has 4 nitrogen and oxygen atoms in total. The van der Waals surface area contributed by atoms with Crippen LogP contribution >= 0.6 is 11.6 Å². The lowest BCUT2D eigenvalue weighted by molar-refractivity contribution is -0.125. The van der Waals surface area contributed by atoms with E-state index in [1.54, 1.807) is 0 Å². The maximum absolute atomic E-state index is 11.8. The first-order chi connectivity index (χ1) is 8.34. The summed E-state index contributed by atoms with van der Waals surface area (Å²) in [5.74, 6) is -0.240. The summed E-state index contributed by atoms with van der Waals surface area (Å²) in [4.78, 5) is 16.3. The molecule has 0 saturated carbocycles. The van der Waals surface area contributed by atoms with Gasteiger partial charge in [0.2, 0.25) is 5.91 Å². The number of guanidine groups is 1. The van der Waals surface area contributed by atoms with Gasteiger partial charge in [-0.25, -0.2) is 4.99 Å². The van der Waals surface area contributed by atoms with Gasteiger partial charge < -0.3 is 5.73 Å². The molecule has 0 aromatic heterocycles. The molecule has 0 bridgehead atoms. The SMILES string of the molecule is Cc1cc(C2(C)N=C(N)NC(=O)C2C)ccc1Cl. The van der Waals surface area contributed by atoms with Gasteiger partial charge >= 0.3 is 0 Å². The van der Waals surface area contributed by atoms with Crippen LogP contribution in [0.2, 0.25) is 5.02 Å². The zero-order chi connectivity index (χ0) is 13.5. The molecule has 96 valence electrons. The first-order valence-electron chi connectivity index (χ1n) is 5.77. The van der Waals surface area contributed by atoms with E-state index in [0.717, 1.165) is 11.1 Å². The fraction of sp³-hybridized carbons (Fsp3) is 0.385. The average molecular weight is 266 g/mol. The molecule has 0 radical (unpaired) electrons. The van der Waals surface area contributed by atoms with Gasteiger partial charge in [-0.1, -0.05) is 30.7 Å². The van der Waals surface area contributed by atoms with Crippen molar-refractivity contribution in [3.8, 4) is 0 Å². The van der Waals surface area contributed by atoms with Crippen LogP contribution in [0.3, 0.4) is 0 Å². The lowest BCUT2D eigenvalue weighted by Gasteiger charge is -2.35. The molecule has 3 N–H and O–H groups in total. The van der Waals surface area contributed by atoms with Crippen molar-refractivity contribution in [1.82, 2.24) is 5.32 Å². The molecule has 2 atom stereocenters. The fourth-order valence-corrected chi connectivity index (χ4v) is 2.26. The van der Waals surface area contributed by atoms with E-state index in [-0.39, 0.29) is 17.8 Å². The fourth-order valence-electron chi connectivity index (χ4n) is 2.14. The van der Waals surface area contributed by atoms with Crippen molar-refractivity contribution in [1.29, 1.82) is 0 Å². The Bertz CT molecular complexity index is 541. The second kappa shape index (κ2) is 4.28. The predicted octanol–water partition coefficient (Wildman–Crippen LogP) is 1.94. The minimum atomic E-state index is -0.651. The highest BCUT2D eigenvalue weighted by Gasteiger charge is 2.41. The van der Waals surface area contributed by atoms with Gasteiger partial charge in [-0.3, -0.25) is 10.1 Å². The van der Waals surface area contributed by atoms with Gasteiger partial charge in [-0.05, 0) is 31.0 Å². The van der Waals surface area contributed by atoms with Crippen LogP contribution in [0.5, 0.6) is 0 Å². The van der Waals surface area contributed by atoms with Crippen LogP contribution in [-0.2, 0) is 10.3 Å². The Morgan fingerprint density at radius 3 is 2.78 bits per heavy atom. The number of carbonyl (C=O) groups excluding carboxylic acids is 1. The third-order valence-corrected chi connectivity index (χ3v) is 4.01. The number of benzene rings is 1. The van der Waals surface area contributed by atoms with Crippen molar-refractivity contribution >= 4 is 23.5 Å². The summed E-state index contributed by atoms with van der Waals surface area (Å²) < 4.78 is 0. The molecular formula is C13H16ClN3O. The molecule has 1 aliphatic heterocycles. The predicted molar refractivity (Wildman–Crippen MR) is 72.5 cm³/mol. The van der Waals surface area contributed by atoms with Crippen LogP contribution < -0.4 is 11.1 Å².